The Kier molecular flexibility index (Phi) is 11.5. The molecule has 0 spiro atoms. The summed E-state index contributed by atoms with van der Waals surface area (Å²) >= 11 is 0. The van der Waals surface area contributed by atoms with E-state index in [4.69, 9.17) is 28.9 Å². The van der Waals surface area contributed by atoms with Crippen molar-refractivity contribution in [3.05, 3.63) is 72.1 Å². The molecule has 3 atom stereocenters. The van der Waals surface area contributed by atoms with Crippen LogP contribution >= 0.6 is 0 Å². The van der Waals surface area contributed by atoms with Crippen molar-refractivity contribution >= 4 is 18.1 Å². The molecular formula is C41H51N7O7. The molecule has 0 saturated carbocycles. The summed E-state index contributed by atoms with van der Waals surface area (Å²) < 4.78 is 22.3. The molecule has 2 saturated heterocycles. The number of ether oxygens (including phenoxy) is 4. The van der Waals surface area contributed by atoms with Crippen LogP contribution < -0.4 is 5.32 Å². The van der Waals surface area contributed by atoms with Crippen LogP contribution in [0.3, 0.4) is 0 Å². The number of alkyl carbamates (subject to hydrolysis) is 1. The number of amides is 3. The predicted molar refractivity (Wildman–Crippen MR) is 205 cm³/mol. The first-order valence-electron chi connectivity index (χ1n) is 19.2. The van der Waals surface area contributed by atoms with E-state index in [1.54, 1.807) is 9.80 Å². The molecule has 4 aromatic rings. The van der Waals surface area contributed by atoms with E-state index < -0.39 is 17.7 Å². The lowest BCUT2D eigenvalue weighted by molar-refractivity contribution is -0.136. The zero-order valence-corrected chi connectivity index (χ0v) is 32.1. The molecule has 14 heteroatoms. The molecule has 0 radical (unpaired) electrons. The molecule has 0 aliphatic carbocycles. The second-order valence-electron chi connectivity index (χ2n) is 15.3. The minimum Gasteiger partial charge on any atom is -0.453 e. The van der Waals surface area contributed by atoms with Crippen molar-refractivity contribution in [2.45, 2.75) is 89.6 Å². The predicted octanol–water partition coefficient (Wildman–Crippen LogP) is 6.92. The van der Waals surface area contributed by atoms with Gasteiger partial charge < -0.3 is 39.1 Å². The number of nitrogens with zero attached hydrogens (tertiary/aromatic N) is 4. The van der Waals surface area contributed by atoms with Crippen molar-refractivity contribution in [3.63, 3.8) is 0 Å². The molecule has 3 amide bonds. The van der Waals surface area contributed by atoms with E-state index in [2.05, 4.69) is 63.8 Å². The minimum atomic E-state index is -0.865. The van der Waals surface area contributed by atoms with Crippen molar-refractivity contribution in [1.82, 2.24) is 35.1 Å². The van der Waals surface area contributed by atoms with Gasteiger partial charge in [-0.3, -0.25) is 9.69 Å². The number of methoxy groups -OCH3 is 1. The largest absolute Gasteiger partial charge is 0.453 e. The van der Waals surface area contributed by atoms with E-state index in [0.29, 0.717) is 38.7 Å². The standard InChI is InChI=1S/C41H51N7O7/c1-41(2,3)55-40(51)48-20-8-9-33(48)36-42-23-30(43-36)28-15-11-26(12-16-28)27-13-17-29(18-14-27)35-31-24-53-21-5-6-22-54-25-32(45-39(50)52-4)38(49)47-19-7-10-34(47)37(44-31)46-35/h11-18,23,32-34H,5-10,19-22,24-25H2,1-4H3,(H,42,43)(H,44,46)(H,45,50)/t32-,33-,34-/m0/s1. The minimum absolute atomic E-state index is 0.0579. The lowest BCUT2D eigenvalue weighted by Crippen LogP contribution is -2.50. The summed E-state index contributed by atoms with van der Waals surface area (Å²) in [5.74, 6) is 1.24. The SMILES string of the molecule is COC(=O)N[C@H]1COCCCCOCc2[nH]c(nc2-c2ccc(-c3ccc(-c4c[nH]c([C@@H]5CCCN5C(=O)OC(C)(C)C)n4)cc3)cc2)[C@@H]2CCCN2C1=O. The molecular weight excluding hydrogens is 702 g/mol. The van der Waals surface area contributed by atoms with E-state index >= 15 is 0 Å². The first kappa shape index (κ1) is 38.1. The first-order valence-corrected chi connectivity index (χ1v) is 19.2. The van der Waals surface area contributed by atoms with Gasteiger partial charge in [0, 0.05) is 43.6 Å². The first-order chi connectivity index (χ1) is 26.6. The lowest BCUT2D eigenvalue weighted by atomic mass is 10.0. The van der Waals surface area contributed by atoms with Gasteiger partial charge in [-0.2, -0.15) is 0 Å². The van der Waals surface area contributed by atoms with Crippen molar-refractivity contribution in [1.29, 1.82) is 0 Å². The average Bonchev–Trinajstić information content (AvgIpc) is 4.00. The Morgan fingerprint density at radius 3 is 2.20 bits per heavy atom. The Hall–Kier alpha value is -5.21. The van der Waals surface area contributed by atoms with Crippen LogP contribution in [-0.4, -0.2) is 99.5 Å². The van der Waals surface area contributed by atoms with E-state index in [9.17, 15) is 14.4 Å². The van der Waals surface area contributed by atoms with Crippen molar-refractivity contribution in [3.8, 4) is 33.6 Å². The van der Waals surface area contributed by atoms with Crippen molar-refractivity contribution in [2.24, 2.45) is 0 Å². The topological polar surface area (TPSA) is 164 Å². The fraction of sp³-hybridized carbons (Fsp3) is 0.488. The van der Waals surface area contributed by atoms with Crippen LogP contribution in [0, 0.1) is 0 Å². The van der Waals surface area contributed by atoms with Gasteiger partial charge in [0.1, 0.15) is 23.3 Å². The second kappa shape index (κ2) is 16.7. The number of hydrogen-bond donors (Lipinski definition) is 3. The van der Waals surface area contributed by atoms with E-state index in [-0.39, 0.29) is 30.7 Å². The number of benzene rings is 2. The zero-order valence-electron chi connectivity index (χ0n) is 32.1. The summed E-state index contributed by atoms with van der Waals surface area (Å²) in [6, 6.07) is 15.3. The number of carbonyl (C=O) groups is 3. The molecule has 3 N–H and O–H groups in total. The van der Waals surface area contributed by atoms with E-state index in [0.717, 1.165) is 83.7 Å². The van der Waals surface area contributed by atoms with Gasteiger partial charge in [-0.25, -0.2) is 19.6 Å². The number of fused-ring (bicyclic) bond motifs is 4. The fourth-order valence-electron chi connectivity index (χ4n) is 7.50. The quantitative estimate of drug-likeness (QED) is 0.196. The van der Waals surface area contributed by atoms with Gasteiger partial charge in [0.2, 0.25) is 5.91 Å². The fourth-order valence-corrected chi connectivity index (χ4v) is 7.50. The number of hydrogen-bond acceptors (Lipinski definition) is 9. The summed E-state index contributed by atoms with van der Waals surface area (Å²) in [5.41, 5.74) is 5.94. The summed E-state index contributed by atoms with van der Waals surface area (Å²) in [4.78, 5) is 59.1. The van der Waals surface area contributed by atoms with E-state index in [1.807, 2.05) is 27.0 Å². The van der Waals surface area contributed by atoms with Crippen LogP contribution in [0.25, 0.3) is 33.6 Å². The van der Waals surface area contributed by atoms with Gasteiger partial charge >= 0.3 is 12.2 Å². The van der Waals surface area contributed by atoms with Crippen LogP contribution in [-0.2, 0) is 30.3 Å². The molecule has 0 unspecified atom stereocenters. The molecule has 2 fully saturated rings. The molecule has 7 rings (SSSR count). The Balaban J connectivity index is 1.07. The molecule has 55 heavy (non-hydrogen) atoms. The van der Waals surface area contributed by atoms with Gasteiger partial charge in [0.05, 0.1) is 49.5 Å². The zero-order chi connectivity index (χ0) is 38.5. The Morgan fingerprint density at radius 2 is 1.49 bits per heavy atom. The molecule has 3 aliphatic rings. The normalized spacial score (nSPS) is 21.1. The number of rotatable bonds is 5. The summed E-state index contributed by atoms with van der Waals surface area (Å²) in [6.07, 6.45) is 5.74. The molecule has 5 heterocycles. The number of aromatic amines is 2. The highest BCUT2D eigenvalue weighted by Crippen LogP contribution is 2.36. The van der Waals surface area contributed by atoms with Gasteiger partial charge in [0.25, 0.3) is 0 Å². The highest BCUT2D eigenvalue weighted by molar-refractivity contribution is 5.86. The third kappa shape index (κ3) is 8.86. The molecule has 2 aromatic carbocycles. The number of H-pyrrole nitrogens is 2. The molecule has 14 nitrogen and oxygen atoms in total. The molecule has 292 valence electrons. The second-order valence-corrected chi connectivity index (χ2v) is 15.3. The number of likely N-dealkylation sites (tertiary alicyclic amines) is 1. The maximum absolute atomic E-state index is 13.8. The van der Waals surface area contributed by atoms with Gasteiger partial charge in [-0.05, 0) is 70.4 Å². The molecule has 2 bridgehead atoms. The Morgan fingerprint density at radius 1 is 0.836 bits per heavy atom. The number of aromatic nitrogens is 4. The van der Waals surface area contributed by atoms with Crippen LogP contribution in [0.1, 0.15) is 88.7 Å². The number of nitrogens with one attached hydrogen (secondary N) is 3. The maximum Gasteiger partial charge on any atom is 0.410 e. The summed E-state index contributed by atoms with van der Waals surface area (Å²) in [6.45, 7) is 8.24. The average molecular weight is 754 g/mol. The Labute approximate surface area is 321 Å². The number of imidazole rings is 2. The smallest absolute Gasteiger partial charge is 0.410 e. The maximum atomic E-state index is 13.8. The van der Waals surface area contributed by atoms with Crippen LogP contribution in [0.5, 0.6) is 0 Å². The monoisotopic (exact) mass is 753 g/mol. The highest BCUT2D eigenvalue weighted by Gasteiger charge is 2.38. The van der Waals surface area contributed by atoms with Gasteiger partial charge in [-0.15, -0.1) is 0 Å². The van der Waals surface area contributed by atoms with Gasteiger partial charge in [-0.1, -0.05) is 48.5 Å². The van der Waals surface area contributed by atoms with Crippen molar-refractivity contribution in [2.75, 3.05) is 40.0 Å². The highest BCUT2D eigenvalue weighted by atomic mass is 16.6. The molecule has 2 aromatic heterocycles. The van der Waals surface area contributed by atoms with Crippen LogP contribution in [0.2, 0.25) is 0 Å². The third-order valence-corrected chi connectivity index (χ3v) is 10.2. The third-order valence-electron chi connectivity index (χ3n) is 10.2. The van der Waals surface area contributed by atoms with Crippen LogP contribution in [0.4, 0.5) is 9.59 Å². The number of carbonyl (C=O) groups excluding carboxylic acids is 3. The lowest BCUT2D eigenvalue weighted by Gasteiger charge is -2.28. The molecule has 3 aliphatic heterocycles. The summed E-state index contributed by atoms with van der Waals surface area (Å²) in [7, 11) is 1.28. The van der Waals surface area contributed by atoms with Gasteiger partial charge in [0.15, 0.2) is 0 Å². The Bertz CT molecular complexity index is 1950. The van der Waals surface area contributed by atoms with Crippen LogP contribution in [0.15, 0.2) is 54.7 Å². The van der Waals surface area contributed by atoms with E-state index in [1.165, 1.54) is 7.11 Å². The van der Waals surface area contributed by atoms with Crippen molar-refractivity contribution < 1.29 is 33.3 Å². The summed E-state index contributed by atoms with van der Waals surface area (Å²) in [5, 5.41) is 2.66.